The average molecular weight is 339 g/mol. The molecule has 2 N–H and O–H groups in total. The minimum atomic E-state index is -0.573. The van der Waals surface area contributed by atoms with E-state index in [1.54, 1.807) is 25.2 Å². The van der Waals surface area contributed by atoms with Crippen LogP contribution in [0.3, 0.4) is 0 Å². The molecule has 2 heterocycles. The number of nitrogens with zero attached hydrogens (tertiary/aromatic N) is 1. The fraction of sp³-hybridized carbons (Fsp3) is 0.222. The van der Waals surface area contributed by atoms with E-state index < -0.39 is 6.04 Å². The SMILES string of the molecule is CNC(=O)[C@@H]1Cc2ccccc2N1C(=O)Nc1ccc2c(c1)OCO2. The minimum absolute atomic E-state index is 0.172. The Hall–Kier alpha value is -3.22. The zero-order valence-corrected chi connectivity index (χ0v) is 13.6. The molecule has 0 aromatic heterocycles. The van der Waals surface area contributed by atoms with Gasteiger partial charge in [-0.2, -0.15) is 0 Å². The van der Waals surface area contributed by atoms with E-state index in [9.17, 15) is 9.59 Å². The van der Waals surface area contributed by atoms with Crippen molar-refractivity contribution in [3.8, 4) is 11.5 Å². The lowest BCUT2D eigenvalue weighted by Gasteiger charge is -2.24. The first-order chi connectivity index (χ1) is 12.2. The Morgan fingerprint density at radius 1 is 1.12 bits per heavy atom. The van der Waals surface area contributed by atoms with Crippen molar-refractivity contribution in [3.63, 3.8) is 0 Å². The van der Waals surface area contributed by atoms with Crippen molar-refractivity contribution in [2.75, 3.05) is 24.1 Å². The van der Waals surface area contributed by atoms with Crippen LogP contribution in [0.2, 0.25) is 0 Å². The van der Waals surface area contributed by atoms with Crippen LogP contribution >= 0.6 is 0 Å². The van der Waals surface area contributed by atoms with E-state index in [-0.39, 0.29) is 18.7 Å². The highest BCUT2D eigenvalue weighted by molar-refractivity contribution is 6.08. The van der Waals surface area contributed by atoms with Gasteiger partial charge in [0.2, 0.25) is 12.7 Å². The molecule has 0 saturated heterocycles. The summed E-state index contributed by atoms with van der Waals surface area (Å²) in [5.74, 6) is 1.03. The van der Waals surface area contributed by atoms with Gasteiger partial charge in [0.1, 0.15) is 6.04 Å². The van der Waals surface area contributed by atoms with Crippen molar-refractivity contribution < 1.29 is 19.1 Å². The van der Waals surface area contributed by atoms with Gasteiger partial charge in [0.15, 0.2) is 11.5 Å². The van der Waals surface area contributed by atoms with Crippen molar-refractivity contribution in [1.29, 1.82) is 0 Å². The third-order valence-corrected chi connectivity index (χ3v) is 4.37. The Kier molecular flexibility index (Phi) is 3.68. The summed E-state index contributed by atoms with van der Waals surface area (Å²) in [7, 11) is 1.57. The second-order valence-corrected chi connectivity index (χ2v) is 5.83. The van der Waals surface area contributed by atoms with Gasteiger partial charge in [0, 0.05) is 30.9 Å². The second kappa shape index (κ2) is 6.01. The summed E-state index contributed by atoms with van der Waals surface area (Å²) < 4.78 is 10.6. The minimum Gasteiger partial charge on any atom is -0.454 e. The standard InChI is InChI=1S/C18H17N3O4/c1-19-17(22)14-8-11-4-2-3-5-13(11)21(14)18(23)20-12-6-7-15-16(9-12)25-10-24-15/h2-7,9,14H,8,10H2,1H3,(H,19,22)(H,20,23)/t14-/m0/s1. The van der Waals surface area contributed by atoms with Crippen LogP contribution in [0.1, 0.15) is 5.56 Å². The average Bonchev–Trinajstić information content (AvgIpc) is 3.24. The molecular weight excluding hydrogens is 322 g/mol. The summed E-state index contributed by atoms with van der Waals surface area (Å²) in [4.78, 5) is 26.6. The number of carbonyl (C=O) groups excluding carboxylic acids is 2. The van der Waals surface area contributed by atoms with Crippen LogP contribution < -0.4 is 25.0 Å². The molecule has 3 amide bonds. The molecule has 2 aromatic carbocycles. The number of hydrogen-bond donors (Lipinski definition) is 2. The van der Waals surface area contributed by atoms with Gasteiger partial charge >= 0.3 is 6.03 Å². The van der Waals surface area contributed by atoms with E-state index in [1.165, 1.54) is 4.90 Å². The summed E-state index contributed by atoms with van der Waals surface area (Å²) in [6.45, 7) is 0.172. The predicted octanol–water partition coefficient (Wildman–Crippen LogP) is 2.12. The van der Waals surface area contributed by atoms with Crippen molar-refractivity contribution in [3.05, 3.63) is 48.0 Å². The molecule has 4 rings (SSSR count). The van der Waals surface area contributed by atoms with Crippen molar-refractivity contribution in [1.82, 2.24) is 5.32 Å². The molecule has 0 aliphatic carbocycles. The topological polar surface area (TPSA) is 79.9 Å². The lowest BCUT2D eigenvalue weighted by atomic mass is 10.1. The zero-order valence-electron chi connectivity index (χ0n) is 13.6. The molecule has 1 atom stereocenters. The Morgan fingerprint density at radius 3 is 2.76 bits per heavy atom. The van der Waals surface area contributed by atoms with E-state index >= 15 is 0 Å². The van der Waals surface area contributed by atoms with Gasteiger partial charge in [-0.1, -0.05) is 18.2 Å². The second-order valence-electron chi connectivity index (χ2n) is 5.83. The lowest BCUT2D eigenvalue weighted by molar-refractivity contribution is -0.121. The fourth-order valence-corrected chi connectivity index (χ4v) is 3.17. The number of anilines is 2. The zero-order chi connectivity index (χ0) is 17.4. The number of amides is 3. The van der Waals surface area contributed by atoms with Gasteiger partial charge in [-0.15, -0.1) is 0 Å². The van der Waals surface area contributed by atoms with Gasteiger partial charge in [-0.05, 0) is 23.8 Å². The summed E-state index contributed by atoms with van der Waals surface area (Å²) >= 11 is 0. The molecule has 0 fully saturated rings. The molecule has 7 nitrogen and oxygen atoms in total. The van der Waals surface area contributed by atoms with Gasteiger partial charge in [0.05, 0.1) is 0 Å². The molecule has 7 heteroatoms. The maximum Gasteiger partial charge on any atom is 0.327 e. The van der Waals surface area contributed by atoms with Crippen molar-refractivity contribution >= 4 is 23.3 Å². The molecule has 0 saturated carbocycles. The van der Waals surface area contributed by atoms with Gasteiger partial charge in [0.25, 0.3) is 0 Å². The van der Waals surface area contributed by atoms with E-state index in [4.69, 9.17) is 9.47 Å². The molecule has 2 aromatic rings. The number of fused-ring (bicyclic) bond motifs is 2. The first kappa shape index (κ1) is 15.3. The van der Waals surface area contributed by atoms with Crippen LogP contribution in [0.4, 0.5) is 16.2 Å². The van der Waals surface area contributed by atoms with Crippen LogP contribution in [0, 0.1) is 0 Å². The van der Waals surface area contributed by atoms with Crippen molar-refractivity contribution in [2.45, 2.75) is 12.5 Å². The normalized spacial score (nSPS) is 17.2. The van der Waals surface area contributed by atoms with Crippen LogP contribution in [0.25, 0.3) is 0 Å². The highest BCUT2D eigenvalue weighted by atomic mass is 16.7. The molecule has 0 spiro atoms. The quantitative estimate of drug-likeness (QED) is 0.878. The monoisotopic (exact) mass is 339 g/mol. The van der Waals surface area contributed by atoms with Crippen LogP contribution in [0.5, 0.6) is 11.5 Å². The van der Waals surface area contributed by atoms with Crippen LogP contribution in [0.15, 0.2) is 42.5 Å². The Morgan fingerprint density at radius 2 is 1.92 bits per heavy atom. The summed E-state index contributed by atoms with van der Waals surface area (Å²) in [6.07, 6.45) is 0.490. The van der Waals surface area contributed by atoms with Gasteiger partial charge in [-0.3, -0.25) is 9.69 Å². The number of rotatable bonds is 2. The highest BCUT2D eigenvalue weighted by Crippen LogP contribution is 2.36. The number of hydrogen-bond acceptors (Lipinski definition) is 4. The Balaban J connectivity index is 1.61. The number of urea groups is 1. The molecule has 0 bridgehead atoms. The van der Waals surface area contributed by atoms with E-state index in [0.29, 0.717) is 23.6 Å². The van der Waals surface area contributed by atoms with Crippen LogP contribution in [-0.4, -0.2) is 31.8 Å². The molecular formula is C18H17N3O4. The van der Waals surface area contributed by atoms with Gasteiger partial charge in [-0.25, -0.2) is 4.79 Å². The van der Waals surface area contributed by atoms with Crippen LogP contribution in [-0.2, 0) is 11.2 Å². The summed E-state index contributed by atoms with van der Waals surface area (Å²) in [6, 6.07) is 11.8. The maximum atomic E-state index is 12.9. The third kappa shape index (κ3) is 2.63. The number of benzene rings is 2. The smallest absolute Gasteiger partial charge is 0.327 e. The molecule has 2 aliphatic heterocycles. The third-order valence-electron chi connectivity index (χ3n) is 4.37. The summed E-state index contributed by atoms with van der Waals surface area (Å²) in [5, 5.41) is 5.46. The largest absolute Gasteiger partial charge is 0.454 e. The molecule has 0 radical (unpaired) electrons. The first-order valence-electron chi connectivity index (χ1n) is 7.97. The number of ether oxygens (including phenoxy) is 2. The predicted molar refractivity (Wildman–Crippen MR) is 92.1 cm³/mol. The molecule has 128 valence electrons. The van der Waals surface area contributed by atoms with Gasteiger partial charge < -0.3 is 20.1 Å². The van der Waals surface area contributed by atoms with E-state index in [0.717, 1.165) is 11.3 Å². The number of para-hydroxylation sites is 1. The van der Waals surface area contributed by atoms with E-state index in [1.807, 2.05) is 24.3 Å². The summed E-state index contributed by atoms with van der Waals surface area (Å²) in [5.41, 5.74) is 2.29. The number of nitrogens with one attached hydrogen (secondary N) is 2. The van der Waals surface area contributed by atoms with E-state index in [2.05, 4.69) is 10.6 Å². The fourth-order valence-electron chi connectivity index (χ4n) is 3.17. The molecule has 25 heavy (non-hydrogen) atoms. The van der Waals surface area contributed by atoms with Crippen molar-refractivity contribution in [2.24, 2.45) is 0 Å². The number of carbonyl (C=O) groups is 2. The number of likely N-dealkylation sites (N-methyl/N-ethyl adjacent to an activating group) is 1. The Labute approximate surface area is 144 Å². The molecule has 0 unspecified atom stereocenters. The maximum absolute atomic E-state index is 12.9. The Bertz CT molecular complexity index is 852. The molecule has 2 aliphatic rings. The highest BCUT2D eigenvalue weighted by Gasteiger charge is 2.38. The lowest BCUT2D eigenvalue weighted by Crippen LogP contribution is -2.48. The first-order valence-corrected chi connectivity index (χ1v) is 7.97.